The number of hydrogen-bond acceptors (Lipinski definition) is 3. The standard InChI is InChI=1S/C8H8N2O2S/c1-4-7(11)10-5-2-3-13-6(5)8(12)9-4/h2-4H,1H3,(H,9,12)(H,10,11). The monoisotopic (exact) mass is 196 g/mol. The van der Waals surface area contributed by atoms with E-state index in [0.29, 0.717) is 10.6 Å². The number of amides is 2. The van der Waals surface area contributed by atoms with E-state index < -0.39 is 6.04 Å². The predicted octanol–water partition coefficient (Wildman–Crippen LogP) is 0.819. The van der Waals surface area contributed by atoms with Gasteiger partial charge in [0, 0.05) is 0 Å². The Balaban J connectivity index is 2.43. The molecule has 1 aromatic rings. The van der Waals surface area contributed by atoms with Crippen molar-refractivity contribution >= 4 is 28.8 Å². The minimum atomic E-state index is -0.466. The van der Waals surface area contributed by atoms with Gasteiger partial charge in [0.1, 0.15) is 10.9 Å². The van der Waals surface area contributed by atoms with Gasteiger partial charge in [0.25, 0.3) is 5.91 Å². The second-order valence-corrected chi connectivity index (χ2v) is 3.76. The Hall–Kier alpha value is -1.36. The Kier molecular flexibility index (Phi) is 1.81. The zero-order chi connectivity index (χ0) is 9.42. The first-order valence-electron chi connectivity index (χ1n) is 3.87. The molecular weight excluding hydrogens is 188 g/mol. The normalized spacial score (nSPS) is 21.5. The molecule has 0 saturated heterocycles. The lowest BCUT2D eigenvalue weighted by Crippen LogP contribution is -2.38. The van der Waals surface area contributed by atoms with E-state index in [1.807, 2.05) is 0 Å². The summed E-state index contributed by atoms with van der Waals surface area (Å²) in [6, 6.07) is 1.27. The van der Waals surface area contributed by atoms with Crippen molar-refractivity contribution in [2.24, 2.45) is 0 Å². The summed E-state index contributed by atoms with van der Waals surface area (Å²) < 4.78 is 0. The smallest absolute Gasteiger partial charge is 0.264 e. The molecule has 0 bridgehead atoms. The molecule has 1 aliphatic heterocycles. The summed E-state index contributed by atoms with van der Waals surface area (Å²) in [6.45, 7) is 1.66. The van der Waals surface area contributed by atoms with Crippen molar-refractivity contribution in [2.45, 2.75) is 13.0 Å². The largest absolute Gasteiger partial charge is 0.340 e. The van der Waals surface area contributed by atoms with Gasteiger partial charge in [-0.25, -0.2) is 0 Å². The molecule has 2 amide bonds. The van der Waals surface area contributed by atoms with E-state index in [2.05, 4.69) is 10.6 Å². The van der Waals surface area contributed by atoms with E-state index in [1.54, 1.807) is 18.4 Å². The number of nitrogens with one attached hydrogen (secondary N) is 2. The summed E-state index contributed by atoms with van der Waals surface area (Å²) >= 11 is 1.32. The second kappa shape index (κ2) is 2.85. The maximum absolute atomic E-state index is 11.4. The summed E-state index contributed by atoms with van der Waals surface area (Å²) in [5, 5.41) is 7.04. The molecule has 4 nitrogen and oxygen atoms in total. The van der Waals surface area contributed by atoms with E-state index in [-0.39, 0.29) is 11.8 Å². The molecule has 1 aromatic heterocycles. The third-order valence-corrected chi connectivity index (χ3v) is 2.78. The quantitative estimate of drug-likeness (QED) is 0.645. The van der Waals surface area contributed by atoms with Crippen molar-refractivity contribution in [3.63, 3.8) is 0 Å². The predicted molar refractivity (Wildman–Crippen MR) is 49.9 cm³/mol. The zero-order valence-electron chi connectivity index (χ0n) is 6.96. The van der Waals surface area contributed by atoms with Gasteiger partial charge in [-0.3, -0.25) is 9.59 Å². The number of fused-ring (bicyclic) bond motifs is 1. The molecule has 0 radical (unpaired) electrons. The minimum absolute atomic E-state index is 0.175. The van der Waals surface area contributed by atoms with Crippen LogP contribution >= 0.6 is 11.3 Å². The highest BCUT2D eigenvalue weighted by molar-refractivity contribution is 7.12. The van der Waals surface area contributed by atoms with Crippen LogP contribution < -0.4 is 10.6 Å². The zero-order valence-corrected chi connectivity index (χ0v) is 7.77. The Morgan fingerprint density at radius 1 is 1.46 bits per heavy atom. The molecule has 13 heavy (non-hydrogen) atoms. The second-order valence-electron chi connectivity index (χ2n) is 2.85. The SMILES string of the molecule is CC1NC(=O)c2sccc2NC1=O. The van der Waals surface area contributed by atoms with Crippen LogP contribution in [0.2, 0.25) is 0 Å². The van der Waals surface area contributed by atoms with Gasteiger partial charge in [-0.1, -0.05) is 0 Å². The molecule has 1 aliphatic rings. The van der Waals surface area contributed by atoms with E-state index in [1.165, 1.54) is 11.3 Å². The highest BCUT2D eigenvalue weighted by Crippen LogP contribution is 2.24. The lowest BCUT2D eigenvalue weighted by atomic mass is 10.3. The number of thiophene rings is 1. The van der Waals surface area contributed by atoms with Crippen LogP contribution in [-0.4, -0.2) is 17.9 Å². The maximum atomic E-state index is 11.4. The van der Waals surface area contributed by atoms with Gasteiger partial charge < -0.3 is 10.6 Å². The summed E-state index contributed by atoms with van der Waals surface area (Å²) in [5.74, 6) is -0.360. The van der Waals surface area contributed by atoms with Crippen molar-refractivity contribution in [1.82, 2.24) is 5.32 Å². The van der Waals surface area contributed by atoms with E-state index >= 15 is 0 Å². The lowest BCUT2D eigenvalue weighted by molar-refractivity contribution is -0.117. The number of hydrogen-bond donors (Lipinski definition) is 2. The third kappa shape index (κ3) is 1.31. The van der Waals surface area contributed by atoms with Crippen molar-refractivity contribution in [3.05, 3.63) is 16.3 Å². The lowest BCUT2D eigenvalue weighted by Gasteiger charge is -2.06. The van der Waals surface area contributed by atoms with Gasteiger partial charge in [0.05, 0.1) is 5.69 Å². The van der Waals surface area contributed by atoms with Crippen molar-refractivity contribution in [3.8, 4) is 0 Å². The van der Waals surface area contributed by atoms with Gasteiger partial charge in [-0.15, -0.1) is 11.3 Å². The van der Waals surface area contributed by atoms with Crippen molar-refractivity contribution < 1.29 is 9.59 Å². The summed E-state index contributed by atoms with van der Waals surface area (Å²) in [5.41, 5.74) is 0.608. The Bertz CT molecular complexity index is 372. The van der Waals surface area contributed by atoms with Crippen LogP contribution in [0.25, 0.3) is 0 Å². The molecule has 68 valence electrons. The van der Waals surface area contributed by atoms with Crippen LogP contribution in [0.3, 0.4) is 0 Å². The summed E-state index contributed by atoms with van der Waals surface area (Å²) in [7, 11) is 0. The summed E-state index contributed by atoms with van der Waals surface area (Å²) in [4.78, 5) is 23.3. The number of carbonyl (C=O) groups excluding carboxylic acids is 2. The third-order valence-electron chi connectivity index (χ3n) is 1.87. The van der Waals surface area contributed by atoms with Crippen LogP contribution in [0.4, 0.5) is 5.69 Å². The van der Waals surface area contributed by atoms with Crippen LogP contribution in [0, 0.1) is 0 Å². The van der Waals surface area contributed by atoms with Crippen LogP contribution in [0.5, 0.6) is 0 Å². The van der Waals surface area contributed by atoms with Crippen molar-refractivity contribution in [1.29, 1.82) is 0 Å². The Morgan fingerprint density at radius 3 is 3.00 bits per heavy atom. The molecular formula is C8H8N2O2S. The van der Waals surface area contributed by atoms with E-state index in [4.69, 9.17) is 0 Å². The first kappa shape index (κ1) is 8.25. The molecule has 0 spiro atoms. The van der Waals surface area contributed by atoms with E-state index in [9.17, 15) is 9.59 Å². The van der Waals surface area contributed by atoms with Gasteiger partial charge in [0.15, 0.2) is 0 Å². The molecule has 1 atom stereocenters. The first-order valence-corrected chi connectivity index (χ1v) is 4.75. The fourth-order valence-electron chi connectivity index (χ4n) is 1.15. The fourth-order valence-corrected chi connectivity index (χ4v) is 1.90. The van der Waals surface area contributed by atoms with Gasteiger partial charge >= 0.3 is 0 Å². The molecule has 0 aliphatic carbocycles. The Morgan fingerprint density at radius 2 is 2.23 bits per heavy atom. The Labute approximate surface area is 78.9 Å². The number of rotatable bonds is 0. The average Bonchev–Trinajstić information content (AvgIpc) is 2.48. The molecule has 5 heteroatoms. The molecule has 0 fully saturated rings. The minimum Gasteiger partial charge on any atom is -0.340 e. The highest BCUT2D eigenvalue weighted by atomic mass is 32.1. The average molecular weight is 196 g/mol. The van der Waals surface area contributed by atoms with E-state index in [0.717, 1.165) is 0 Å². The van der Waals surface area contributed by atoms with Crippen molar-refractivity contribution in [2.75, 3.05) is 5.32 Å². The maximum Gasteiger partial charge on any atom is 0.264 e. The summed E-state index contributed by atoms with van der Waals surface area (Å²) in [6.07, 6.45) is 0. The van der Waals surface area contributed by atoms with Crippen LogP contribution in [-0.2, 0) is 4.79 Å². The molecule has 0 saturated carbocycles. The van der Waals surface area contributed by atoms with Gasteiger partial charge in [-0.05, 0) is 18.4 Å². The number of carbonyl (C=O) groups is 2. The molecule has 2 N–H and O–H groups in total. The van der Waals surface area contributed by atoms with Crippen LogP contribution in [0.15, 0.2) is 11.4 Å². The molecule has 2 heterocycles. The van der Waals surface area contributed by atoms with Gasteiger partial charge in [0.2, 0.25) is 5.91 Å². The topological polar surface area (TPSA) is 58.2 Å². The molecule has 0 aromatic carbocycles. The first-order chi connectivity index (χ1) is 6.18. The molecule has 2 rings (SSSR count). The molecule has 1 unspecified atom stereocenters. The number of anilines is 1. The van der Waals surface area contributed by atoms with Crippen LogP contribution in [0.1, 0.15) is 16.6 Å². The highest BCUT2D eigenvalue weighted by Gasteiger charge is 2.24. The fraction of sp³-hybridized carbons (Fsp3) is 0.250. The van der Waals surface area contributed by atoms with Gasteiger partial charge in [-0.2, -0.15) is 0 Å².